The zero-order valence-corrected chi connectivity index (χ0v) is 20.5. The molecule has 4 nitrogen and oxygen atoms in total. The van der Waals surface area contributed by atoms with Crippen LogP contribution in [0.25, 0.3) is 0 Å². The number of nitrogens with zero attached hydrogens (tertiary/aromatic N) is 1. The van der Waals surface area contributed by atoms with Gasteiger partial charge in [-0.1, -0.05) is 97.6 Å². The first kappa shape index (κ1) is 24.0. The number of benzene rings is 3. The number of ether oxygens (including phenoxy) is 1. The van der Waals surface area contributed by atoms with Gasteiger partial charge >= 0.3 is 5.30 Å². The van der Waals surface area contributed by atoms with Crippen LogP contribution in [-0.4, -0.2) is 32.0 Å². The van der Waals surface area contributed by atoms with Crippen molar-refractivity contribution >= 4 is 34.7 Å². The molecular weight excluding hydrogens is 462 g/mol. The molecule has 172 valence electrons. The zero-order valence-electron chi connectivity index (χ0n) is 18.8. The molecule has 2 atom stereocenters. The van der Waals surface area contributed by atoms with Gasteiger partial charge in [0.05, 0.1) is 0 Å². The van der Waals surface area contributed by atoms with Crippen LogP contribution in [0.2, 0.25) is 0 Å². The molecule has 1 aliphatic heterocycles. The molecular formula is C28H25NO3S2. The molecule has 0 bridgehead atoms. The molecule has 6 heteroatoms. The van der Waals surface area contributed by atoms with Crippen LogP contribution in [0, 0.1) is 11.8 Å². The Balaban J connectivity index is 1.58. The maximum absolute atomic E-state index is 13.5. The number of rotatable bonds is 7. The molecule has 1 fully saturated rings. The SMILES string of the molecule is CCS[C@@]1(SC(=O)OCc2ccccc2)C(=O)N(Cc2ccccc2)[C@@H]1C#Cc1ccccc1. The van der Waals surface area contributed by atoms with E-state index in [0.717, 1.165) is 28.5 Å². The molecule has 34 heavy (non-hydrogen) atoms. The van der Waals surface area contributed by atoms with Crippen molar-refractivity contribution in [2.75, 3.05) is 5.75 Å². The summed E-state index contributed by atoms with van der Waals surface area (Å²) in [4.78, 5) is 28.1. The fourth-order valence-electron chi connectivity index (χ4n) is 3.72. The topological polar surface area (TPSA) is 46.6 Å². The van der Waals surface area contributed by atoms with Crippen molar-refractivity contribution in [3.05, 3.63) is 108 Å². The van der Waals surface area contributed by atoms with Crippen molar-refractivity contribution in [3.63, 3.8) is 0 Å². The first-order chi connectivity index (χ1) is 16.6. The average molecular weight is 488 g/mol. The van der Waals surface area contributed by atoms with E-state index in [1.807, 2.05) is 97.9 Å². The third-order valence-electron chi connectivity index (χ3n) is 5.35. The highest BCUT2D eigenvalue weighted by Crippen LogP contribution is 2.52. The summed E-state index contributed by atoms with van der Waals surface area (Å²) in [7, 11) is 0. The Morgan fingerprint density at radius 1 is 0.941 bits per heavy atom. The van der Waals surface area contributed by atoms with Crippen molar-refractivity contribution in [2.24, 2.45) is 0 Å². The number of likely N-dealkylation sites (tertiary alicyclic amines) is 1. The van der Waals surface area contributed by atoms with Crippen molar-refractivity contribution < 1.29 is 14.3 Å². The molecule has 0 spiro atoms. The van der Waals surface area contributed by atoms with Crippen LogP contribution in [0.5, 0.6) is 0 Å². The Bertz CT molecular complexity index is 1180. The minimum Gasteiger partial charge on any atom is -0.453 e. The van der Waals surface area contributed by atoms with E-state index in [1.54, 1.807) is 4.90 Å². The molecule has 0 radical (unpaired) electrons. The zero-order chi connectivity index (χ0) is 23.8. The highest BCUT2D eigenvalue weighted by molar-refractivity contribution is 8.26. The average Bonchev–Trinajstić information content (AvgIpc) is 2.88. The van der Waals surface area contributed by atoms with Gasteiger partial charge in [-0.25, -0.2) is 4.79 Å². The summed E-state index contributed by atoms with van der Waals surface area (Å²) in [6.07, 6.45) is 0. The van der Waals surface area contributed by atoms with E-state index >= 15 is 0 Å². The van der Waals surface area contributed by atoms with E-state index < -0.39 is 15.4 Å². The molecule has 3 aromatic rings. The van der Waals surface area contributed by atoms with Crippen LogP contribution in [0.1, 0.15) is 23.6 Å². The lowest BCUT2D eigenvalue weighted by molar-refractivity contribution is -0.144. The summed E-state index contributed by atoms with van der Waals surface area (Å²) in [5.41, 5.74) is 2.79. The quantitative estimate of drug-likeness (QED) is 0.178. The molecule has 1 amide bonds. The summed E-state index contributed by atoms with van der Waals surface area (Å²) in [6.45, 7) is 2.60. The van der Waals surface area contributed by atoms with Crippen LogP contribution in [-0.2, 0) is 22.7 Å². The summed E-state index contributed by atoms with van der Waals surface area (Å²) in [6, 6.07) is 28.6. The van der Waals surface area contributed by atoms with Gasteiger partial charge in [-0.15, -0.1) is 11.8 Å². The van der Waals surface area contributed by atoms with Gasteiger partial charge < -0.3 is 9.64 Å². The van der Waals surface area contributed by atoms with E-state index in [-0.39, 0.29) is 12.5 Å². The Kier molecular flexibility index (Phi) is 7.99. The van der Waals surface area contributed by atoms with Crippen LogP contribution < -0.4 is 0 Å². The van der Waals surface area contributed by atoms with Gasteiger partial charge in [0.25, 0.3) is 5.91 Å². The number of β-lactam (4-membered cyclic amide) rings is 1. The second-order valence-electron chi connectivity index (χ2n) is 7.68. The van der Waals surface area contributed by atoms with Gasteiger partial charge in [-0.2, -0.15) is 0 Å². The van der Waals surface area contributed by atoms with E-state index in [0.29, 0.717) is 12.3 Å². The molecule has 1 aliphatic rings. The van der Waals surface area contributed by atoms with E-state index in [9.17, 15) is 9.59 Å². The lowest BCUT2D eigenvalue weighted by atomic mass is 9.98. The van der Waals surface area contributed by atoms with Crippen molar-refractivity contribution in [1.82, 2.24) is 4.90 Å². The predicted octanol–water partition coefficient (Wildman–Crippen LogP) is 5.97. The Labute approximate surface area is 209 Å². The molecule has 3 aromatic carbocycles. The van der Waals surface area contributed by atoms with Crippen LogP contribution in [0.3, 0.4) is 0 Å². The first-order valence-electron chi connectivity index (χ1n) is 11.1. The second kappa shape index (κ2) is 11.3. The molecule has 1 saturated heterocycles. The summed E-state index contributed by atoms with van der Waals surface area (Å²) < 4.78 is 4.48. The fraction of sp³-hybridized carbons (Fsp3) is 0.214. The highest BCUT2D eigenvalue weighted by Gasteiger charge is 2.62. The van der Waals surface area contributed by atoms with E-state index in [2.05, 4.69) is 11.8 Å². The third kappa shape index (κ3) is 5.49. The highest BCUT2D eigenvalue weighted by atomic mass is 32.2. The molecule has 0 N–H and O–H groups in total. The van der Waals surface area contributed by atoms with Gasteiger partial charge in [-0.05, 0) is 40.8 Å². The minimum atomic E-state index is -1.03. The molecule has 1 heterocycles. The smallest absolute Gasteiger partial charge is 0.369 e. The lowest BCUT2D eigenvalue weighted by Crippen LogP contribution is -2.69. The van der Waals surface area contributed by atoms with Gasteiger partial charge in [0.15, 0.2) is 4.08 Å². The van der Waals surface area contributed by atoms with E-state index in [4.69, 9.17) is 4.74 Å². The van der Waals surface area contributed by atoms with Gasteiger partial charge in [-0.3, -0.25) is 4.79 Å². The van der Waals surface area contributed by atoms with Crippen LogP contribution in [0.4, 0.5) is 4.79 Å². The number of carbonyl (C=O) groups excluding carboxylic acids is 2. The molecule has 0 saturated carbocycles. The standard InChI is InChI=1S/C28H25NO3S2/c1-2-33-28(34-27(31)32-21-24-16-10-5-11-17-24)25(19-18-22-12-6-3-7-13-22)29(26(28)30)20-23-14-8-4-9-15-23/h3-17,25H,2,20-21H2,1H3/t25-,28+/m1/s1. The molecule has 0 unspecified atom stereocenters. The Morgan fingerprint density at radius 3 is 2.15 bits per heavy atom. The van der Waals surface area contributed by atoms with Crippen molar-refractivity contribution in [2.45, 2.75) is 30.2 Å². The number of carbonyl (C=O) groups is 2. The third-order valence-corrected chi connectivity index (χ3v) is 8.05. The number of hydrogen-bond acceptors (Lipinski definition) is 5. The maximum Gasteiger partial charge on any atom is 0.369 e. The summed E-state index contributed by atoms with van der Waals surface area (Å²) in [5.74, 6) is 7.08. The monoisotopic (exact) mass is 487 g/mol. The summed E-state index contributed by atoms with van der Waals surface area (Å²) >= 11 is 2.40. The largest absolute Gasteiger partial charge is 0.453 e. The molecule has 0 aliphatic carbocycles. The van der Waals surface area contributed by atoms with Crippen molar-refractivity contribution in [3.8, 4) is 11.8 Å². The van der Waals surface area contributed by atoms with Crippen molar-refractivity contribution in [1.29, 1.82) is 0 Å². The van der Waals surface area contributed by atoms with Gasteiger partial charge in [0.2, 0.25) is 0 Å². The normalized spacial score (nSPS) is 19.0. The minimum absolute atomic E-state index is 0.0998. The number of amides is 1. The lowest BCUT2D eigenvalue weighted by Gasteiger charge is -2.52. The predicted molar refractivity (Wildman–Crippen MR) is 139 cm³/mol. The summed E-state index contributed by atoms with van der Waals surface area (Å²) in [5, 5.41) is -0.468. The molecule has 4 rings (SSSR count). The van der Waals surface area contributed by atoms with Gasteiger partial charge in [0.1, 0.15) is 12.6 Å². The Hall–Kier alpha value is -3.14. The van der Waals surface area contributed by atoms with Gasteiger partial charge in [0, 0.05) is 12.1 Å². The van der Waals surface area contributed by atoms with Crippen LogP contribution >= 0.6 is 23.5 Å². The first-order valence-corrected chi connectivity index (χ1v) is 12.9. The Morgan fingerprint density at radius 2 is 1.53 bits per heavy atom. The number of hydrogen-bond donors (Lipinski definition) is 0. The fourth-order valence-corrected chi connectivity index (χ4v) is 6.39. The number of thioether (sulfide) groups is 2. The van der Waals surface area contributed by atoms with Crippen LogP contribution in [0.15, 0.2) is 91.0 Å². The van der Waals surface area contributed by atoms with E-state index in [1.165, 1.54) is 11.8 Å². The molecule has 0 aromatic heterocycles. The second-order valence-corrected chi connectivity index (χ2v) is 10.6. The maximum atomic E-state index is 13.5.